The molecule has 0 aliphatic heterocycles. The van der Waals surface area contributed by atoms with Crippen LogP contribution in [0.2, 0.25) is 0 Å². The summed E-state index contributed by atoms with van der Waals surface area (Å²) in [7, 11) is 0. The van der Waals surface area contributed by atoms with Crippen molar-refractivity contribution >= 4 is 28.4 Å². The first-order chi connectivity index (χ1) is 5.06. The predicted octanol–water partition coefficient (Wildman–Crippen LogP) is 3.33. The Labute approximate surface area is 78.1 Å². The van der Waals surface area contributed by atoms with Crippen molar-refractivity contribution in [3.05, 3.63) is 0 Å². The summed E-state index contributed by atoms with van der Waals surface area (Å²) >= 11 is 11.4. The van der Waals surface area contributed by atoms with Gasteiger partial charge in [0.15, 0.2) is 0 Å². The van der Waals surface area contributed by atoms with Gasteiger partial charge >= 0.3 is 0 Å². The smallest absolute Gasteiger partial charge is 0.242 e. The first-order valence-corrected chi connectivity index (χ1v) is 4.71. The lowest BCUT2D eigenvalue weighted by atomic mass is 9.99. The molecule has 0 aliphatic carbocycles. The van der Waals surface area contributed by atoms with E-state index in [1.54, 1.807) is 0 Å². The van der Waals surface area contributed by atoms with Gasteiger partial charge in [0.2, 0.25) is 5.24 Å². The Kier molecular flexibility index (Phi) is 5.11. The summed E-state index contributed by atoms with van der Waals surface area (Å²) in [5.41, 5.74) is 0. The van der Waals surface area contributed by atoms with E-state index in [-0.39, 0.29) is 0 Å². The minimum Gasteiger partial charge on any atom is -0.279 e. The maximum absolute atomic E-state index is 10.9. The molecular weight excluding hydrogens is 183 g/mol. The van der Waals surface area contributed by atoms with E-state index in [1.165, 1.54) is 0 Å². The predicted molar refractivity (Wildman–Crippen MR) is 49.3 cm³/mol. The van der Waals surface area contributed by atoms with Crippen LogP contribution in [0.3, 0.4) is 0 Å². The number of alkyl halides is 1. The fourth-order valence-electron chi connectivity index (χ4n) is 1.11. The van der Waals surface area contributed by atoms with E-state index in [4.69, 9.17) is 23.2 Å². The van der Waals surface area contributed by atoms with Crippen LogP contribution < -0.4 is 0 Å². The highest BCUT2D eigenvalue weighted by Gasteiger charge is 2.32. The lowest BCUT2D eigenvalue weighted by Gasteiger charge is -2.20. The number of halogens is 2. The molecule has 0 aromatic heterocycles. The third-order valence-electron chi connectivity index (χ3n) is 1.64. The Bertz CT molecular complexity index is 128. The van der Waals surface area contributed by atoms with Gasteiger partial charge in [-0.3, -0.25) is 4.79 Å². The van der Waals surface area contributed by atoms with Crippen LogP contribution in [0.5, 0.6) is 0 Å². The molecule has 0 N–H and O–H groups in total. The molecule has 1 nitrogen and oxygen atoms in total. The van der Waals surface area contributed by atoms with Crippen LogP contribution in [0.25, 0.3) is 0 Å². The van der Waals surface area contributed by atoms with Crippen molar-refractivity contribution in [3.8, 4) is 0 Å². The summed E-state index contributed by atoms with van der Waals surface area (Å²) in [6.07, 6.45) is 3.12. The molecule has 0 fully saturated rings. The van der Waals surface area contributed by atoms with Gasteiger partial charge in [-0.1, -0.05) is 26.7 Å². The average Bonchev–Trinajstić information content (AvgIpc) is 1.88. The fraction of sp³-hybridized carbons (Fsp3) is 0.875. The summed E-state index contributed by atoms with van der Waals surface area (Å²) < 4.78 is 0. The zero-order valence-corrected chi connectivity index (χ0v) is 8.50. The molecule has 0 aliphatic rings. The minimum atomic E-state index is -0.801. The number of carbonyl (C=O) groups is 1. The normalized spacial score (nSPS) is 11.6. The van der Waals surface area contributed by atoms with E-state index in [9.17, 15) is 4.79 Å². The molecule has 11 heavy (non-hydrogen) atoms. The van der Waals surface area contributed by atoms with Crippen LogP contribution in [0, 0.1) is 0 Å². The zero-order valence-electron chi connectivity index (χ0n) is 6.99. The van der Waals surface area contributed by atoms with Gasteiger partial charge in [-0.25, -0.2) is 0 Å². The molecular formula is C8H14Cl2O. The van der Waals surface area contributed by atoms with Gasteiger partial charge < -0.3 is 0 Å². The van der Waals surface area contributed by atoms with E-state index >= 15 is 0 Å². The molecule has 0 spiro atoms. The molecule has 66 valence electrons. The first kappa shape index (κ1) is 11.2. The largest absolute Gasteiger partial charge is 0.279 e. The minimum absolute atomic E-state index is 0.414. The highest BCUT2D eigenvalue weighted by atomic mass is 35.5. The second-order valence-electron chi connectivity index (χ2n) is 2.74. The van der Waals surface area contributed by atoms with Crippen molar-refractivity contribution in [1.29, 1.82) is 0 Å². The zero-order chi connectivity index (χ0) is 8.91. The molecule has 0 heterocycles. The molecule has 0 saturated heterocycles. The Morgan fingerprint density at radius 2 is 1.64 bits per heavy atom. The Morgan fingerprint density at radius 1 is 1.27 bits per heavy atom. The van der Waals surface area contributed by atoms with Gasteiger partial charge in [-0.05, 0) is 24.4 Å². The highest BCUT2D eigenvalue weighted by molar-refractivity contribution is 6.70. The molecule has 0 aromatic rings. The number of carbonyl (C=O) groups excluding carboxylic acids is 1. The van der Waals surface area contributed by atoms with E-state index in [0.717, 1.165) is 12.8 Å². The third-order valence-corrected chi connectivity index (χ3v) is 2.65. The fourth-order valence-corrected chi connectivity index (χ4v) is 1.68. The summed E-state index contributed by atoms with van der Waals surface area (Å²) in [4.78, 5) is 10.1. The van der Waals surface area contributed by atoms with Crippen LogP contribution in [-0.2, 0) is 4.79 Å². The number of hydrogen-bond donors (Lipinski definition) is 0. The van der Waals surface area contributed by atoms with Crippen LogP contribution in [0.15, 0.2) is 0 Å². The Hall–Kier alpha value is 0.250. The highest BCUT2D eigenvalue weighted by Crippen LogP contribution is 2.29. The lowest BCUT2D eigenvalue weighted by molar-refractivity contribution is -0.114. The molecule has 3 heteroatoms. The van der Waals surface area contributed by atoms with Crippen molar-refractivity contribution in [2.75, 3.05) is 0 Å². The monoisotopic (exact) mass is 196 g/mol. The van der Waals surface area contributed by atoms with E-state index in [2.05, 4.69) is 0 Å². The molecule has 0 radical (unpaired) electrons. The van der Waals surface area contributed by atoms with Crippen LogP contribution in [-0.4, -0.2) is 10.1 Å². The van der Waals surface area contributed by atoms with Gasteiger partial charge in [0, 0.05) is 0 Å². The van der Waals surface area contributed by atoms with Crippen molar-refractivity contribution in [1.82, 2.24) is 0 Å². The van der Waals surface area contributed by atoms with E-state index in [1.807, 2.05) is 13.8 Å². The number of rotatable bonds is 5. The first-order valence-electron chi connectivity index (χ1n) is 3.95. The SMILES string of the molecule is CCCC(Cl)(CCC)C(=O)Cl. The lowest BCUT2D eigenvalue weighted by Crippen LogP contribution is -2.28. The molecule has 0 rings (SSSR count). The third kappa shape index (κ3) is 3.44. The standard InChI is InChI=1S/C8H14Cl2O/c1-3-5-8(10,6-4-2)7(9)11/h3-6H2,1-2H3. The Morgan fingerprint density at radius 3 is 1.82 bits per heavy atom. The summed E-state index contributed by atoms with van der Waals surface area (Å²) in [6.45, 7) is 3.99. The Balaban J connectivity index is 4.13. The van der Waals surface area contributed by atoms with E-state index < -0.39 is 10.1 Å². The van der Waals surface area contributed by atoms with Gasteiger partial charge in [0.1, 0.15) is 4.87 Å². The van der Waals surface area contributed by atoms with Crippen LogP contribution in [0.1, 0.15) is 39.5 Å². The molecule has 0 saturated carbocycles. The topological polar surface area (TPSA) is 17.1 Å². The summed E-state index contributed by atoms with van der Waals surface area (Å²) in [6, 6.07) is 0. The second-order valence-corrected chi connectivity index (χ2v) is 3.81. The van der Waals surface area contributed by atoms with Gasteiger partial charge in [-0.2, -0.15) is 0 Å². The molecule has 0 atom stereocenters. The van der Waals surface area contributed by atoms with Crippen LogP contribution in [0.4, 0.5) is 0 Å². The van der Waals surface area contributed by atoms with Crippen molar-refractivity contribution in [2.45, 2.75) is 44.4 Å². The van der Waals surface area contributed by atoms with Gasteiger partial charge in [0.25, 0.3) is 0 Å². The molecule has 0 amide bonds. The molecule has 0 aromatic carbocycles. The van der Waals surface area contributed by atoms with Crippen molar-refractivity contribution in [3.63, 3.8) is 0 Å². The van der Waals surface area contributed by atoms with Crippen molar-refractivity contribution < 1.29 is 4.79 Å². The van der Waals surface area contributed by atoms with Gasteiger partial charge in [0.05, 0.1) is 0 Å². The maximum Gasteiger partial charge on any atom is 0.242 e. The summed E-state index contributed by atoms with van der Waals surface area (Å²) in [5.74, 6) is 0. The molecule has 0 unspecified atom stereocenters. The molecule has 0 bridgehead atoms. The second kappa shape index (κ2) is 5.00. The van der Waals surface area contributed by atoms with Crippen molar-refractivity contribution in [2.24, 2.45) is 0 Å². The van der Waals surface area contributed by atoms with Crippen LogP contribution >= 0.6 is 23.2 Å². The van der Waals surface area contributed by atoms with Gasteiger partial charge in [-0.15, -0.1) is 11.6 Å². The number of hydrogen-bond acceptors (Lipinski definition) is 1. The average molecular weight is 197 g/mol. The quantitative estimate of drug-likeness (QED) is 0.488. The van der Waals surface area contributed by atoms with E-state index in [0.29, 0.717) is 12.8 Å². The maximum atomic E-state index is 10.9. The summed E-state index contributed by atoms with van der Waals surface area (Å²) in [5, 5.41) is -0.414.